The fourth-order valence-corrected chi connectivity index (χ4v) is 3.73. The second kappa shape index (κ2) is 8.33. The van der Waals surface area contributed by atoms with Gasteiger partial charge in [-0.3, -0.25) is 14.6 Å². The number of nitrogens with zero attached hydrogens (tertiary/aromatic N) is 2. The Bertz CT molecular complexity index is 1250. The van der Waals surface area contributed by atoms with E-state index < -0.39 is 0 Å². The third-order valence-corrected chi connectivity index (χ3v) is 5.14. The van der Waals surface area contributed by atoms with Crippen molar-refractivity contribution in [3.63, 3.8) is 0 Å². The Kier molecular flexibility index (Phi) is 5.44. The van der Waals surface area contributed by atoms with Gasteiger partial charge in [0.25, 0.3) is 11.5 Å². The lowest BCUT2D eigenvalue weighted by Crippen LogP contribution is -2.32. The van der Waals surface area contributed by atoms with E-state index in [0.29, 0.717) is 17.7 Å². The summed E-state index contributed by atoms with van der Waals surface area (Å²) < 4.78 is 0. The van der Waals surface area contributed by atoms with E-state index in [9.17, 15) is 9.59 Å². The number of aryl methyl sites for hydroxylation is 2. The van der Waals surface area contributed by atoms with E-state index in [1.54, 1.807) is 29.4 Å². The summed E-state index contributed by atoms with van der Waals surface area (Å²) in [6.45, 7) is 4.63. The van der Waals surface area contributed by atoms with Crippen LogP contribution in [0.25, 0.3) is 10.9 Å². The first-order chi connectivity index (χ1) is 14.5. The number of hydrogen-bond donors (Lipinski definition) is 1. The number of hydrogen-bond acceptors (Lipinski definition) is 3. The zero-order valence-corrected chi connectivity index (χ0v) is 17.1. The number of H-pyrrole nitrogens is 1. The second-order valence-corrected chi connectivity index (χ2v) is 7.56. The van der Waals surface area contributed by atoms with Crippen molar-refractivity contribution in [2.45, 2.75) is 26.9 Å². The summed E-state index contributed by atoms with van der Waals surface area (Å²) in [4.78, 5) is 34.8. The quantitative estimate of drug-likeness (QED) is 0.543. The van der Waals surface area contributed by atoms with Crippen LogP contribution in [-0.4, -0.2) is 20.8 Å². The molecular weight excluding hydrogens is 374 g/mol. The molecule has 0 atom stereocenters. The minimum Gasteiger partial charge on any atom is -0.330 e. The number of amides is 1. The highest BCUT2D eigenvalue weighted by atomic mass is 16.2. The highest BCUT2D eigenvalue weighted by Gasteiger charge is 2.19. The van der Waals surface area contributed by atoms with Gasteiger partial charge in [0.05, 0.1) is 17.6 Å². The summed E-state index contributed by atoms with van der Waals surface area (Å²) in [5.41, 5.74) is 4.87. The van der Waals surface area contributed by atoms with Crippen LogP contribution in [0.2, 0.25) is 0 Å². The van der Waals surface area contributed by atoms with Crippen LogP contribution in [0.5, 0.6) is 0 Å². The van der Waals surface area contributed by atoms with Gasteiger partial charge in [-0.05, 0) is 54.6 Å². The average molecular weight is 397 g/mol. The number of pyridine rings is 2. The maximum atomic E-state index is 13.2. The highest BCUT2D eigenvalue weighted by Crippen LogP contribution is 2.19. The van der Waals surface area contributed by atoms with Gasteiger partial charge in [-0.1, -0.05) is 42.0 Å². The molecule has 2 aromatic heterocycles. The fraction of sp³-hybridized carbons (Fsp3) is 0.160. The first-order valence-electron chi connectivity index (χ1n) is 9.87. The molecule has 2 heterocycles. The van der Waals surface area contributed by atoms with E-state index in [-0.39, 0.29) is 18.0 Å². The van der Waals surface area contributed by atoms with Gasteiger partial charge in [0.15, 0.2) is 0 Å². The Hall–Kier alpha value is -3.73. The molecule has 5 nitrogen and oxygen atoms in total. The molecular formula is C25H23N3O2. The molecule has 0 aliphatic heterocycles. The lowest BCUT2D eigenvalue weighted by atomic mass is 10.0. The van der Waals surface area contributed by atoms with Gasteiger partial charge >= 0.3 is 0 Å². The summed E-state index contributed by atoms with van der Waals surface area (Å²) >= 11 is 0. The summed E-state index contributed by atoms with van der Waals surface area (Å²) in [6, 6.07) is 19.2. The van der Waals surface area contributed by atoms with Crippen LogP contribution in [0.4, 0.5) is 0 Å². The van der Waals surface area contributed by atoms with Crippen molar-refractivity contribution >= 4 is 16.8 Å². The van der Waals surface area contributed by atoms with Crippen LogP contribution in [0.1, 0.15) is 32.6 Å². The molecule has 0 fully saturated rings. The van der Waals surface area contributed by atoms with Crippen molar-refractivity contribution in [1.29, 1.82) is 0 Å². The first-order valence-corrected chi connectivity index (χ1v) is 9.87. The third-order valence-electron chi connectivity index (χ3n) is 5.14. The number of benzene rings is 2. The number of aromatic nitrogens is 2. The Labute approximate surface area is 175 Å². The predicted molar refractivity (Wildman–Crippen MR) is 118 cm³/mol. The molecule has 0 aliphatic rings. The largest absolute Gasteiger partial charge is 0.330 e. The molecule has 0 spiro atoms. The van der Waals surface area contributed by atoms with Crippen molar-refractivity contribution in [3.05, 3.63) is 111 Å². The number of carbonyl (C=O) groups excluding carboxylic acids is 1. The molecule has 0 bridgehead atoms. The lowest BCUT2D eigenvalue weighted by Gasteiger charge is -2.23. The summed E-state index contributed by atoms with van der Waals surface area (Å²) in [7, 11) is 0. The van der Waals surface area contributed by atoms with E-state index in [0.717, 1.165) is 27.6 Å². The SMILES string of the molecule is Cc1cc(C)c2[nH]c(=O)c(CN(Cc3ccccc3)C(=O)c3cccnc3)cc2c1. The molecule has 2 aromatic carbocycles. The topological polar surface area (TPSA) is 66.1 Å². The molecule has 0 aliphatic carbocycles. The van der Waals surface area contributed by atoms with Gasteiger partial charge in [-0.15, -0.1) is 0 Å². The van der Waals surface area contributed by atoms with Crippen LogP contribution in [0, 0.1) is 13.8 Å². The number of carbonyl (C=O) groups is 1. The summed E-state index contributed by atoms with van der Waals surface area (Å²) in [5.74, 6) is -0.160. The Balaban J connectivity index is 1.73. The zero-order valence-electron chi connectivity index (χ0n) is 17.1. The Morgan fingerprint density at radius 3 is 2.53 bits per heavy atom. The number of fused-ring (bicyclic) bond motifs is 1. The van der Waals surface area contributed by atoms with Gasteiger partial charge in [0.2, 0.25) is 0 Å². The van der Waals surface area contributed by atoms with Crippen molar-refractivity contribution in [2.75, 3.05) is 0 Å². The predicted octanol–water partition coefficient (Wildman–Crippen LogP) is 4.38. The number of nitrogens with one attached hydrogen (secondary N) is 1. The molecule has 5 heteroatoms. The molecule has 1 amide bonds. The van der Waals surface area contributed by atoms with E-state index in [1.165, 1.54) is 0 Å². The first kappa shape index (κ1) is 19.6. The van der Waals surface area contributed by atoms with Crippen molar-refractivity contribution in [3.8, 4) is 0 Å². The lowest BCUT2D eigenvalue weighted by molar-refractivity contribution is 0.0729. The molecule has 0 saturated heterocycles. The standard InChI is InChI=1S/C25H23N3O2/c1-17-11-18(2)23-21(12-17)13-22(24(29)27-23)16-28(15-19-7-4-3-5-8-19)25(30)20-9-6-10-26-14-20/h3-14H,15-16H2,1-2H3,(H,27,29). The summed E-state index contributed by atoms with van der Waals surface area (Å²) in [6.07, 6.45) is 3.19. The van der Waals surface area contributed by atoms with Crippen LogP contribution >= 0.6 is 0 Å². The van der Waals surface area contributed by atoms with E-state index in [4.69, 9.17) is 0 Å². The Morgan fingerprint density at radius 1 is 1.00 bits per heavy atom. The third kappa shape index (κ3) is 4.15. The smallest absolute Gasteiger partial charge is 0.256 e. The number of aromatic amines is 1. The minimum atomic E-state index is -0.175. The van der Waals surface area contributed by atoms with Crippen molar-refractivity contribution in [1.82, 2.24) is 14.9 Å². The molecule has 0 unspecified atom stereocenters. The maximum Gasteiger partial charge on any atom is 0.256 e. The molecule has 150 valence electrons. The van der Waals surface area contributed by atoms with Crippen LogP contribution < -0.4 is 5.56 Å². The van der Waals surface area contributed by atoms with Crippen LogP contribution in [0.15, 0.2) is 77.9 Å². The molecule has 0 radical (unpaired) electrons. The zero-order chi connectivity index (χ0) is 21.1. The van der Waals surface area contributed by atoms with Gasteiger partial charge in [-0.2, -0.15) is 0 Å². The maximum absolute atomic E-state index is 13.2. The van der Waals surface area contributed by atoms with Gasteiger partial charge in [-0.25, -0.2) is 0 Å². The van der Waals surface area contributed by atoms with Crippen LogP contribution in [-0.2, 0) is 13.1 Å². The minimum absolute atomic E-state index is 0.160. The molecule has 4 rings (SSSR count). The molecule has 1 N–H and O–H groups in total. The van der Waals surface area contributed by atoms with E-state index in [1.807, 2.05) is 62.4 Å². The second-order valence-electron chi connectivity index (χ2n) is 7.56. The summed E-state index contributed by atoms with van der Waals surface area (Å²) in [5, 5.41) is 0.968. The van der Waals surface area contributed by atoms with E-state index >= 15 is 0 Å². The Morgan fingerprint density at radius 2 is 1.80 bits per heavy atom. The van der Waals surface area contributed by atoms with Crippen molar-refractivity contribution in [2.24, 2.45) is 0 Å². The fourth-order valence-electron chi connectivity index (χ4n) is 3.73. The normalized spacial score (nSPS) is 10.9. The molecule has 4 aromatic rings. The van der Waals surface area contributed by atoms with Gasteiger partial charge in [0, 0.05) is 24.5 Å². The van der Waals surface area contributed by atoms with Crippen LogP contribution in [0.3, 0.4) is 0 Å². The molecule has 0 saturated carbocycles. The van der Waals surface area contributed by atoms with Gasteiger partial charge in [0.1, 0.15) is 0 Å². The number of rotatable bonds is 5. The van der Waals surface area contributed by atoms with Gasteiger partial charge < -0.3 is 9.88 Å². The monoisotopic (exact) mass is 397 g/mol. The van der Waals surface area contributed by atoms with E-state index in [2.05, 4.69) is 9.97 Å². The van der Waals surface area contributed by atoms with Crippen molar-refractivity contribution < 1.29 is 4.79 Å². The molecule has 30 heavy (non-hydrogen) atoms. The average Bonchev–Trinajstić information content (AvgIpc) is 2.75. The highest BCUT2D eigenvalue weighted by molar-refractivity contribution is 5.94.